The zero-order valence-electron chi connectivity index (χ0n) is 15.9. The van der Waals surface area contributed by atoms with Crippen molar-refractivity contribution in [1.29, 1.82) is 0 Å². The number of methoxy groups -OCH3 is 1. The number of hydrogen-bond donors (Lipinski definition) is 1. The molecule has 1 aromatic heterocycles. The number of ether oxygens (including phenoxy) is 1. The van der Waals surface area contributed by atoms with Crippen LogP contribution in [0.1, 0.15) is 28.9 Å². The molecule has 1 fully saturated rings. The van der Waals surface area contributed by atoms with Crippen molar-refractivity contribution in [3.8, 4) is 5.75 Å². The molecule has 2 heterocycles. The average molecular weight is 424 g/mol. The number of hydrogen-bond acceptors (Lipinski definition) is 3. The molecule has 8 heteroatoms. The van der Waals surface area contributed by atoms with E-state index in [4.69, 9.17) is 27.9 Å². The number of likely N-dealkylation sites (tertiary alicyclic amines) is 1. The third kappa shape index (κ3) is 4.45. The van der Waals surface area contributed by atoms with Gasteiger partial charge in [-0.05, 0) is 25.0 Å². The first-order valence-electron chi connectivity index (χ1n) is 9.12. The first-order chi connectivity index (χ1) is 13.4. The molecule has 0 spiro atoms. The fourth-order valence-electron chi connectivity index (χ4n) is 3.42. The van der Waals surface area contributed by atoms with Crippen molar-refractivity contribution < 1.29 is 14.3 Å². The maximum absolute atomic E-state index is 12.6. The summed E-state index contributed by atoms with van der Waals surface area (Å²) in [4.78, 5) is 26.9. The molecule has 1 aliphatic rings. The van der Waals surface area contributed by atoms with Gasteiger partial charge in [-0.15, -0.1) is 0 Å². The number of para-hydroxylation sites is 1. The summed E-state index contributed by atoms with van der Waals surface area (Å²) in [6.45, 7) is 1.21. The van der Waals surface area contributed by atoms with Crippen molar-refractivity contribution in [2.24, 2.45) is 7.05 Å². The number of nitrogens with one attached hydrogen (secondary N) is 1. The Bertz CT molecular complexity index is 874. The second-order valence-electron chi connectivity index (χ2n) is 6.84. The molecule has 1 aromatic carbocycles. The lowest BCUT2D eigenvalue weighted by Crippen LogP contribution is -2.47. The van der Waals surface area contributed by atoms with Gasteiger partial charge in [-0.1, -0.05) is 41.4 Å². The molecule has 1 saturated heterocycles. The SMILES string of the molecule is COc1ccccc1CC(=O)N1CCC(NC(=O)c2cc(Cl)c(Cl)n2C)CC1. The third-order valence-corrected chi connectivity index (χ3v) is 5.91. The van der Waals surface area contributed by atoms with Crippen LogP contribution >= 0.6 is 23.2 Å². The first kappa shape index (κ1) is 20.6. The molecule has 0 atom stereocenters. The molecular formula is C20H23Cl2N3O3. The molecule has 0 unspecified atom stereocenters. The Morgan fingerprint density at radius 3 is 2.50 bits per heavy atom. The van der Waals surface area contributed by atoms with E-state index in [1.54, 1.807) is 24.8 Å². The number of nitrogens with zero attached hydrogens (tertiary/aromatic N) is 2. The number of amides is 2. The van der Waals surface area contributed by atoms with Crippen LogP contribution in [0, 0.1) is 0 Å². The van der Waals surface area contributed by atoms with Crippen molar-refractivity contribution >= 4 is 35.0 Å². The molecule has 0 aliphatic carbocycles. The van der Waals surface area contributed by atoms with Crippen LogP contribution in [-0.4, -0.2) is 47.5 Å². The van der Waals surface area contributed by atoms with Gasteiger partial charge in [0.15, 0.2) is 0 Å². The Labute approximate surface area is 174 Å². The molecule has 150 valence electrons. The largest absolute Gasteiger partial charge is 0.496 e. The molecule has 1 N–H and O–H groups in total. The second-order valence-corrected chi connectivity index (χ2v) is 7.61. The minimum absolute atomic E-state index is 0.00950. The van der Waals surface area contributed by atoms with E-state index in [1.165, 1.54) is 0 Å². The van der Waals surface area contributed by atoms with E-state index < -0.39 is 0 Å². The number of aromatic nitrogens is 1. The van der Waals surface area contributed by atoms with E-state index >= 15 is 0 Å². The molecular weight excluding hydrogens is 401 g/mol. The van der Waals surface area contributed by atoms with Gasteiger partial charge in [0.25, 0.3) is 5.91 Å². The maximum atomic E-state index is 12.6. The molecule has 0 saturated carbocycles. The fourth-order valence-corrected chi connectivity index (χ4v) is 3.79. The zero-order valence-corrected chi connectivity index (χ0v) is 17.4. The zero-order chi connectivity index (χ0) is 20.3. The van der Waals surface area contributed by atoms with E-state index in [1.807, 2.05) is 29.2 Å². The fraction of sp³-hybridized carbons (Fsp3) is 0.400. The predicted octanol–water partition coefficient (Wildman–Crippen LogP) is 3.30. The summed E-state index contributed by atoms with van der Waals surface area (Å²) < 4.78 is 6.88. The van der Waals surface area contributed by atoms with E-state index in [0.29, 0.717) is 48.2 Å². The van der Waals surface area contributed by atoms with E-state index in [0.717, 1.165) is 11.3 Å². The third-order valence-electron chi connectivity index (χ3n) is 5.07. The number of halogens is 2. The highest BCUT2D eigenvalue weighted by Crippen LogP contribution is 2.25. The first-order valence-corrected chi connectivity index (χ1v) is 9.87. The normalized spacial score (nSPS) is 14.8. The van der Waals surface area contributed by atoms with Gasteiger partial charge < -0.3 is 19.5 Å². The lowest BCUT2D eigenvalue weighted by atomic mass is 10.0. The molecule has 28 heavy (non-hydrogen) atoms. The van der Waals surface area contributed by atoms with Gasteiger partial charge in [-0.3, -0.25) is 9.59 Å². The second kappa shape index (κ2) is 8.88. The van der Waals surface area contributed by atoms with Crippen LogP contribution in [-0.2, 0) is 18.3 Å². The summed E-state index contributed by atoms with van der Waals surface area (Å²) in [6.07, 6.45) is 1.71. The van der Waals surface area contributed by atoms with Gasteiger partial charge in [0.2, 0.25) is 5.91 Å². The van der Waals surface area contributed by atoms with Crippen LogP contribution in [0.2, 0.25) is 10.2 Å². The lowest BCUT2D eigenvalue weighted by molar-refractivity contribution is -0.131. The van der Waals surface area contributed by atoms with Gasteiger partial charge >= 0.3 is 0 Å². The van der Waals surface area contributed by atoms with E-state index in [-0.39, 0.29) is 17.9 Å². The topological polar surface area (TPSA) is 63.6 Å². The minimum Gasteiger partial charge on any atom is -0.496 e. The highest BCUT2D eigenvalue weighted by Gasteiger charge is 2.26. The van der Waals surface area contributed by atoms with Crippen LogP contribution in [0.5, 0.6) is 5.75 Å². The lowest BCUT2D eigenvalue weighted by Gasteiger charge is -2.32. The molecule has 3 rings (SSSR count). The minimum atomic E-state index is -0.213. The van der Waals surface area contributed by atoms with Crippen molar-refractivity contribution in [1.82, 2.24) is 14.8 Å². The standard InChI is InChI=1S/C20H23Cl2N3O3/c1-24-16(12-15(21)19(24)22)20(27)23-14-7-9-25(10-8-14)18(26)11-13-5-3-4-6-17(13)28-2/h3-6,12,14H,7-11H2,1-2H3,(H,23,27). The van der Waals surface area contributed by atoms with Crippen LogP contribution in [0.15, 0.2) is 30.3 Å². The Morgan fingerprint density at radius 2 is 1.89 bits per heavy atom. The van der Waals surface area contributed by atoms with Crippen molar-refractivity contribution in [3.63, 3.8) is 0 Å². The van der Waals surface area contributed by atoms with Gasteiger partial charge in [0.05, 0.1) is 18.6 Å². The summed E-state index contributed by atoms with van der Waals surface area (Å²) >= 11 is 12.0. The van der Waals surface area contributed by atoms with Gasteiger partial charge in [-0.25, -0.2) is 0 Å². The molecule has 0 bridgehead atoms. The van der Waals surface area contributed by atoms with Crippen molar-refractivity contribution in [3.05, 3.63) is 51.8 Å². The highest BCUT2D eigenvalue weighted by atomic mass is 35.5. The van der Waals surface area contributed by atoms with Crippen LogP contribution < -0.4 is 10.1 Å². The quantitative estimate of drug-likeness (QED) is 0.801. The van der Waals surface area contributed by atoms with E-state index in [2.05, 4.69) is 5.32 Å². The molecule has 2 aromatic rings. The number of benzene rings is 1. The Kier molecular flexibility index (Phi) is 6.52. The number of carbonyl (C=O) groups excluding carboxylic acids is 2. The summed E-state index contributed by atoms with van der Waals surface area (Å²) in [5.41, 5.74) is 1.30. The highest BCUT2D eigenvalue weighted by molar-refractivity contribution is 6.41. The van der Waals surface area contributed by atoms with Crippen LogP contribution in [0.4, 0.5) is 0 Å². The van der Waals surface area contributed by atoms with Crippen molar-refractivity contribution in [2.45, 2.75) is 25.3 Å². The van der Waals surface area contributed by atoms with Gasteiger partial charge in [0.1, 0.15) is 16.6 Å². The maximum Gasteiger partial charge on any atom is 0.268 e. The summed E-state index contributed by atoms with van der Waals surface area (Å²) in [6, 6.07) is 9.11. The Hall–Kier alpha value is -2.18. The molecule has 2 amide bonds. The summed E-state index contributed by atoms with van der Waals surface area (Å²) in [5.74, 6) is 0.572. The monoisotopic (exact) mass is 423 g/mol. The average Bonchev–Trinajstić information content (AvgIpc) is 2.96. The van der Waals surface area contributed by atoms with Gasteiger partial charge in [-0.2, -0.15) is 0 Å². The smallest absolute Gasteiger partial charge is 0.268 e. The van der Waals surface area contributed by atoms with Crippen LogP contribution in [0.25, 0.3) is 0 Å². The van der Waals surface area contributed by atoms with Crippen LogP contribution in [0.3, 0.4) is 0 Å². The van der Waals surface area contributed by atoms with Gasteiger partial charge in [0, 0.05) is 31.7 Å². The van der Waals surface area contributed by atoms with E-state index in [9.17, 15) is 9.59 Å². The Balaban J connectivity index is 1.53. The molecule has 0 radical (unpaired) electrons. The number of piperidine rings is 1. The van der Waals surface area contributed by atoms with Crippen molar-refractivity contribution in [2.75, 3.05) is 20.2 Å². The number of carbonyl (C=O) groups is 2. The predicted molar refractivity (Wildman–Crippen MR) is 109 cm³/mol. The summed E-state index contributed by atoms with van der Waals surface area (Å²) in [7, 11) is 3.30. The number of rotatable bonds is 5. The molecule has 1 aliphatic heterocycles. The summed E-state index contributed by atoms with van der Waals surface area (Å²) in [5, 5.41) is 3.70. The molecule has 6 nitrogen and oxygen atoms in total. The Morgan fingerprint density at radius 1 is 1.21 bits per heavy atom.